The number of rotatable bonds is 3. The van der Waals surface area contributed by atoms with Gasteiger partial charge in [0.25, 0.3) is 0 Å². The molecule has 0 saturated carbocycles. The highest BCUT2D eigenvalue weighted by Crippen LogP contribution is 2.26. The average molecular weight is 175 g/mol. The van der Waals surface area contributed by atoms with E-state index in [9.17, 15) is 0 Å². The lowest BCUT2D eigenvalue weighted by molar-refractivity contribution is 0.127. The minimum Gasteiger partial charge on any atom is -0.377 e. The van der Waals surface area contributed by atoms with Crippen LogP contribution in [0.5, 0.6) is 0 Å². The van der Waals surface area contributed by atoms with Crippen LogP contribution in [0.15, 0.2) is 0 Å². The van der Waals surface area contributed by atoms with E-state index in [2.05, 4.69) is 6.92 Å². The fourth-order valence-electron chi connectivity index (χ4n) is 1.21. The zero-order valence-corrected chi connectivity index (χ0v) is 8.06. The lowest BCUT2D eigenvalue weighted by Gasteiger charge is -2.14. The molecule has 1 fully saturated rings. The van der Waals surface area contributed by atoms with Gasteiger partial charge in [-0.2, -0.15) is 11.8 Å². The van der Waals surface area contributed by atoms with Gasteiger partial charge in [-0.05, 0) is 20.3 Å². The Morgan fingerprint density at radius 2 is 2.45 bits per heavy atom. The minimum absolute atomic E-state index is 0.313. The SMILES string of the molecule is CC1OCCC1SC[C@@H](C)N. The first kappa shape index (κ1) is 9.36. The van der Waals surface area contributed by atoms with Crippen LogP contribution in [0.2, 0.25) is 0 Å². The van der Waals surface area contributed by atoms with Crippen molar-refractivity contribution in [2.24, 2.45) is 5.73 Å². The van der Waals surface area contributed by atoms with Crippen LogP contribution in [0.1, 0.15) is 20.3 Å². The number of ether oxygens (including phenoxy) is 1. The molecule has 0 aliphatic carbocycles. The van der Waals surface area contributed by atoms with E-state index in [1.54, 1.807) is 0 Å². The van der Waals surface area contributed by atoms with Gasteiger partial charge >= 0.3 is 0 Å². The molecule has 1 aliphatic rings. The highest BCUT2D eigenvalue weighted by molar-refractivity contribution is 8.00. The van der Waals surface area contributed by atoms with E-state index in [4.69, 9.17) is 10.5 Å². The Kier molecular flexibility index (Phi) is 3.69. The summed E-state index contributed by atoms with van der Waals surface area (Å²) in [7, 11) is 0. The number of thioether (sulfide) groups is 1. The summed E-state index contributed by atoms with van der Waals surface area (Å²) >= 11 is 1.95. The van der Waals surface area contributed by atoms with Crippen molar-refractivity contribution in [3.63, 3.8) is 0 Å². The van der Waals surface area contributed by atoms with Crippen molar-refractivity contribution >= 4 is 11.8 Å². The summed E-state index contributed by atoms with van der Waals surface area (Å²) in [6.45, 7) is 5.12. The summed E-state index contributed by atoms with van der Waals surface area (Å²) in [6, 6.07) is 0.313. The maximum Gasteiger partial charge on any atom is 0.0666 e. The number of hydrogen-bond donors (Lipinski definition) is 1. The van der Waals surface area contributed by atoms with Crippen molar-refractivity contribution in [3.05, 3.63) is 0 Å². The first-order valence-corrected chi connectivity index (χ1v) is 5.24. The first-order chi connectivity index (χ1) is 5.20. The highest BCUT2D eigenvalue weighted by Gasteiger charge is 2.24. The Hall–Kier alpha value is 0.270. The maximum atomic E-state index is 5.65. The molecule has 1 rings (SSSR count). The predicted molar refractivity (Wildman–Crippen MR) is 49.9 cm³/mol. The molecule has 2 nitrogen and oxygen atoms in total. The zero-order chi connectivity index (χ0) is 8.27. The fourth-order valence-corrected chi connectivity index (χ4v) is 2.37. The van der Waals surface area contributed by atoms with Crippen LogP contribution in [-0.2, 0) is 4.74 Å². The largest absolute Gasteiger partial charge is 0.377 e. The van der Waals surface area contributed by atoms with Crippen molar-refractivity contribution in [2.75, 3.05) is 12.4 Å². The summed E-state index contributed by atoms with van der Waals surface area (Å²) in [4.78, 5) is 0. The maximum absolute atomic E-state index is 5.65. The topological polar surface area (TPSA) is 35.2 Å². The second-order valence-corrected chi connectivity index (χ2v) is 4.49. The molecule has 2 N–H and O–H groups in total. The van der Waals surface area contributed by atoms with Crippen LogP contribution < -0.4 is 5.73 Å². The number of hydrogen-bond acceptors (Lipinski definition) is 3. The fraction of sp³-hybridized carbons (Fsp3) is 1.00. The van der Waals surface area contributed by atoms with E-state index in [-0.39, 0.29) is 0 Å². The van der Waals surface area contributed by atoms with Gasteiger partial charge in [0.1, 0.15) is 0 Å². The summed E-state index contributed by atoms with van der Waals surface area (Å²) in [5, 5.41) is 0.681. The molecule has 66 valence electrons. The van der Waals surface area contributed by atoms with Gasteiger partial charge in [0.15, 0.2) is 0 Å². The Morgan fingerprint density at radius 3 is 2.91 bits per heavy atom. The van der Waals surface area contributed by atoms with Crippen LogP contribution in [0.3, 0.4) is 0 Å². The molecule has 0 aromatic heterocycles. The molecule has 1 saturated heterocycles. The van der Waals surface area contributed by atoms with Crippen LogP contribution >= 0.6 is 11.8 Å². The molecule has 0 aromatic carbocycles. The molecule has 0 bridgehead atoms. The molecular formula is C8H17NOS. The molecule has 1 aliphatic heterocycles. The molecule has 1 heterocycles. The summed E-state index contributed by atoms with van der Waals surface area (Å²) in [5.74, 6) is 1.05. The molecule has 0 amide bonds. The quantitative estimate of drug-likeness (QED) is 0.701. The Bertz CT molecular complexity index is 119. The van der Waals surface area contributed by atoms with E-state index in [1.807, 2.05) is 18.7 Å². The second-order valence-electron chi connectivity index (χ2n) is 3.21. The third-order valence-electron chi connectivity index (χ3n) is 1.88. The van der Waals surface area contributed by atoms with Crippen LogP contribution in [0.4, 0.5) is 0 Å². The van der Waals surface area contributed by atoms with Crippen molar-refractivity contribution in [1.29, 1.82) is 0 Å². The molecule has 0 aromatic rings. The highest BCUT2D eigenvalue weighted by atomic mass is 32.2. The molecule has 0 spiro atoms. The summed E-state index contributed by atoms with van der Waals surface area (Å²) in [5.41, 5.74) is 5.65. The Balaban J connectivity index is 2.15. The van der Waals surface area contributed by atoms with Gasteiger partial charge < -0.3 is 10.5 Å². The van der Waals surface area contributed by atoms with Crippen LogP contribution in [0.25, 0.3) is 0 Å². The third-order valence-corrected chi connectivity index (χ3v) is 3.65. The van der Waals surface area contributed by atoms with Crippen molar-refractivity contribution < 1.29 is 4.74 Å². The standard InChI is InChI=1S/C8H17NOS/c1-6(9)5-11-8-3-4-10-7(8)2/h6-8H,3-5,9H2,1-2H3/t6-,7?,8?/m1/s1. The van der Waals surface area contributed by atoms with E-state index in [1.165, 1.54) is 6.42 Å². The van der Waals surface area contributed by atoms with E-state index < -0.39 is 0 Å². The van der Waals surface area contributed by atoms with Gasteiger partial charge in [0.05, 0.1) is 6.10 Å². The van der Waals surface area contributed by atoms with Crippen molar-refractivity contribution in [3.8, 4) is 0 Å². The molecule has 11 heavy (non-hydrogen) atoms. The Morgan fingerprint density at radius 1 is 1.73 bits per heavy atom. The van der Waals surface area contributed by atoms with Crippen LogP contribution in [-0.4, -0.2) is 29.8 Å². The van der Waals surface area contributed by atoms with Crippen molar-refractivity contribution in [1.82, 2.24) is 0 Å². The molecule has 3 atom stereocenters. The van der Waals surface area contributed by atoms with Gasteiger partial charge in [-0.3, -0.25) is 0 Å². The van der Waals surface area contributed by atoms with Gasteiger partial charge in [-0.15, -0.1) is 0 Å². The van der Waals surface area contributed by atoms with Crippen molar-refractivity contribution in [2.45, 2.75) is 37.7 Å². The molecule has 0 radical (unpaired) electrons. The summed E-state index contributed by atoms with van der Waals surface area (Å²) < 4.78 is 5.44. The van der Waals surface area contributed by atoms with Gasteiger partial charge in [-0.1, -0.05) is 0 Å². The number of nitrogens with two attached hydrogens (primary N) is 1. The predicted octanol–water partition coefficient (Wildman–Crippen LogP) is 1.24. The minimum atomic E-state index is 0.313. The van der Waals surface area contributed by atoms with Gasteiger partial charge in [-0.25, -0.2) is 0 Å². The molecule has 2 unspecified atom stereocenters. The van der Waals surface area contributed by atoms with Gasteiger partial charge in [0, 0.05) is 23.7 Å². The lowest BCUT2D eigenvalue weighted by Crippen LogP contribution is -2.22. The third kappa shape index (κ3) is 3.01. The zero-order valence-electron chi connectivity index (χ0n) is 7.25. The average Bonchev–Trinajstić information content (AvgIpc) is 2.31. The summed E-state index contributed by atoms with van der Waals surface area (Å²) in [6.07, 6.45) is 1.62. The van der Waals surface area contributed by atoms with E-state index >= 15 is 0 Å². The lowest BCUT2D eigenvalue weighted by atomic mass is 10.3. The normalized spacial score (nSPS) is 34.1. The smallest absolute Gasteiger partial charge is 0.0666 e. The first-order valence-electron chi connectivity index (χ1n) is 4.19. The molecular weight excluding hydrogens is 158 g/mol. The van der Waals surface area contributed by atoms with E-state index in [0.717, 1.165) is 12.4 Å². The van der Waals surface area contributed by atoms with Crippen LogP contribution in [0, 0.1) is 0 Å². The molecule has 3 heteroatoms. The second kappa shape index (κ2) is 4.33. The monoisotopic (exact) mass is 175 g/mol. The Labute approximate surface area is 72.9 Å². The van der Waals surface area contributed by atoms with Gasteiger partial charge in [0.2, 0.25) is 0 Å². The van der Waals surface area contributed by atoms with E-state index in [0.29, 0.717) is 17.4 Å².